The lowest BCUT2D eigenvalue weighted by atomic mass is 9.36. The molecule has 0 amide bonds. The molecule has 2 aliphatic carbocycles. The fourth-order valence-electron chi connectivity index (χ4n) is 13.6. The van der Waals surface area contributed by atoms with Crippen molar-refractivity contribution in [3.05, 3.63) is 172 Å². The average Bonchev–Trinajstić information content (AvgIpc) is 3.72. The number of hydrogen-bond acceptors (Lipinski definition) is 3. The number of hydrogen-bond donors (Lipinski definition) is 0. The van der Waals surface area contributed by atoms with Gasteiger partial charge in [0.2, 0.25) is 0 Å². The van der Waals surface area contributed by atoms with Crippen molar-refractivity contribution in [2.24, 2.45) is 0 Å². The van der Waals surface area contributed by atoms with Gasteiger partial charge in [0.05, 0.1) is 11.4 Å². The molecular formula is C69H75BN2S. The van der Waals surface area contributed by atoms with E-state index in [2.05, 4.69) is 252 Å². The van der Waals surface area contributed by atoms with Gasteiger partial charge in [0.25, 0.3) is 6.71 Å². The maximum atomic E-state index is 2.76. The van der Waals surface area contributed by atoms with Crippen LogP contribution in [0.1, 0.15) is 166 Å². The maximum absolute atomic E-state index is 2.76. The summed E-state index contributed by atoms with van der Waals surface area (Å²) in [6, 6.07) is 50.9. The molecule has 4 aliphatic rings. The van der Waals surface area contributed by atoms with Crippen LogP contribution < -0.4 is 25.5 Å². The summed E-state index contributed by atoms with van der Waals surface area (Å²) in [6.07, 6.45) is 4.75. The van der Waals surface area contributed by atoms with Crippen molar-refractivity contribution in [2.75, 3.05) is 9.80 Å². The van der Waals surface area contributed by atoms with Gasteiger partial charge in [-0.1, -0.05) is 163 Å². The van der Waals surface area contributed by atoms with Gasteiger partial charge in [-0.25, -0.2) is 0 Å². The molecule has 3 heterocycles. The molecule has 0 unspecified atom stereocenters. The molecule has 370 valence electrons. The van der Waals surface area contributed by atoms with E-state index in [1.807, 2.05) is 0 Å². The predicted octanol–water partition coefficient (Wildman–Crippen LogP) is 18.1. The molecular weight excluding hydrogens is 900 g/mol. The Morgan fingerprint density at radius 2 is 1.14 bits per heavy atom. The Morgan fingerprint density at radius 3 is 1.77 bits per heavy atom. The third kappa shape index (κ3) is 7.45. The van der Waals surface area contributed by atoms with Gasteiger partial charge in [0.1, 0.15) is 0 Å². The highest BCUT2D eigenvalue weighted by molar-refractivity contribution is 7.33. The maximum Gasteiger partial charge on any atom is 0.264 e. The highest BCUT2D eigenvalue weighted by Crippen LogP contribution is 2.55. The SMILES string of the molecule is Cc1cccc(C)c1-c1ccc2c(c1)N(c1ccc(C(C)(C)C)cc1-c1ccccc1)c1cc(C(C)C)cc3c1B2c1sc2cc4c(cc2c1N3c1ccc2c(c1)C(C)(C)CCC2(C)C)C(C)(C)CCC4(C)C. The molecule has 0 bridgehead atoms. The summed E-state index contributed by atoms with van der Waals surface area (Å²) < 4.78 is 2.85. The fourth-order valence-corrected chi connectivity index (χ4v) is 14.9. The minimum atomic E-state index is -0.0282. The second-order valence-corrected chi connectivity index (χ2v) is 27.7. The molecule has 0 saturated carbocycles. The Bertz CT molecular complexity index is 3550. The van der Waals surface area contributed by atoms with Crippen molar-refractivity contribution in [3.63, 3.8) is 0 Å². The summed E-state index contributed by atoms with van der Waals surface area (Å²) >= 11 is 2.06. The Balaban J connectivity index is 1.23. The first-order valence-corrected chi connectivity index (χ1v) is 28.2. The molecule has 0 fully saturated rings. The summed E-state index contributed by atoms with van der Waals surface area (Å²) in [5.74, 6) is 0.293. The number of thiophene rings is 1. The lowest BCUT2D eigenvalue weighted by molar-refractivity contribution is 0.332. The first-order chi connectivity index (χ1) is 34.4. The van der Waals surface area contributed by atoms with Gasteiger partial charge in [0.15, 0.2) is 0 Å². The standard InChI is InChI=1S/C69H75BN2S/c1-41(2)46-35-58-62-59(36-46)72(56-29-25-47(65(5,6)7)37-49(56)44-22-17-16-18-23-44)57-34-45(61-42(3)20-19-21-43(61)4)24-28-55(57)70(62)64-63(50-39-53-54(40-60(50)73-64)69(14,15)33-32-68(53,12)13)71(58)48-26-27-51-52(38-48)67(10,11)31-30-66(51,8)9/h16-29,34-41H,30-33H2,1-15H3. The summed E-state index contributed by atoms with van der Waals surface area (Å²) in [5.41, 5.74) is 27.2. The number of benzene rings is 7. The highest BCUT2D eigenvalue weighted by Gasteiger charge is 2.48. The zero-order chi connectivity index (χ0) is 51.5. The highest BCUT2D eigenvalue weighted by atomic mass is 32.1. The number of anilines is 6. The van der Waals surface area contributed by atoms with Crippen LogP contribution in [0.4, 0.5) is 34.1 Å². The largest absolute Gasteiger partial charge is 0.311 e. The zero-order valence-corrected chi connectivity index (χ0v) is 47.2. The molecule has 2 nitrogen and oxygen atoms in total. The van der Waals surface area contributed by atoms with Crippen molar-refractivity contribution >= 4 is 78.0 Å². The molecule has 0 spiro atoms. The van der Waals surface area contributed by atoms with E-state index in [1.165, 1.54) is 152 Å². The van der Waals surface area contributed by atoms with E-state index in [0.29, 0.717) is 5.92 Å². The molecule has 2 aliphatic heterocycles. The number of aryl methyl sites for hydroxylation is 2. The van der Waals surface area contributed by atoms with Crippen molar-refractivity contribution in [3.8, 4) is 22.3 Å². The summed E-state index contributed by atoms with van der Waals surface area (Å²) in [4.78, 5) is 5.46. The van der Waals surface area contributed by atoms with Crippen molar-refractivity contribution in [1.29, 1.82) is 0 Å². The molecule has 73 heavy (non-hydrogen) atoms. The number of nitrogens with zero attached hydrogens (tertiary/aromatic N) is 2. The normalized spacial score (nSPS) is 17.8. The van der Waals surface area contributed by atoms with Crippen LogP contribution >= 0.6 is 11.3 Å². The fraction of sp³-hybridized carbons (Fsp3) is 0.362. The average molecular weight is 975 g/mol. The van der Waals surface area contributed by atoms with E-state index in [4.69, 9.17) is 0 Å². The molecule has 0 N–H and O–H groups in total. The Hall–Kier alpha value is -5.84. The van der Waals surface area contributed by atoms with Crippen LogP contribution in [-0.2, 0) is 27.1 Å². The summed E-state index contributed by atoms with van der Waals surface area (Å²) in [6.45, 7) is 36.2. The monoisotopic (exact) mass is 975 g/mol. The van der Waals surface area contributed by atoms with Gasteiger partial charge in [-0.2, -0.15) is 0 Å². The third-order valence-electron chi connectivity index (χ3n) is 18.4. The van der Waals surface area contributed by atoms with Crippen LogP contribution in [0.2, 0.25) is 0 Å². The van der Waals surface area contributed by atoms with Crippen molar-refractivity contribution < 1.29 is 0 Å². The van der Waals surface area contributed by atoms with Crippen LogP contribution in [0.3, 0.4) is 0 Å². The van der Waals surface area contributed by atoms with Gasteiger partial charge >= 0.3 is 0 Å². The van der Waals surface area contributed by atoms with Gasteiger partial charge in [-0.05, 0) is 199 Å². The van der Waals surface area contributed by atoms with Gasteiger partial charge in [0, 0.05) is 43.2 Å². The first-order valence-electron chi connectivity index (χ1n) is 27.4. The molecule has 0 atom stereocenters. The smallest absolute Gasteiger partial charge is 0.264 e. The Kier molecular flexibility index (Phi) is 10.8. The van der Waals surface area contributed by atoms with E-state index in [0.717, 1.165) is 0 Å². The first kappa shape index (κ1) is 48.1. The summed E-state index contributed by atoms with van der Waals surface area (Å²) in [7, 11) is 0. The van der Waals surface area contributed by atoms with E-state index in [1.54, 1.807) is 0 Å². The topological polar surface area (TPSA) is 6.48 Å². The Labute approximate surface area is 442 Å². The third-order valence-corrected chi connectivity index (χ3v) is 19.6. The molecule has 0 saturated heterocycles. The molecule has 7 aromatic carbocycles. The lowest BCUT2D eigenvalue weighted by Gasteiger charge is -2.45. The zero-order valence-electron chi connectivity index (χ0n) is 46.4. The molecule has 4 heteroatoms. The minimum Gasteiger partial charge on any atom is -0.311 e. The van der Waals surface area contributed by atoms with Crippen LogP contribution in [0.5, 0.6) is 0 Å². The van der Waals surface area contributed by atoms with Gasteiger partial charge < -0.3 is 9.80 Å². The van der Waals surface area contributed by atoms with Gasteiger partial charge in [-0.15, -0.1) is 11.3 Å². The quantitative estimate of drug-likeness (QED) is 0.159. The van der Waals surface area contributed by atoms with Gasteiger partial charge in [-0.3, -0.25) is 0 Å². The van der Waals surface area contributed by atoms with Crippen molar-refractivity contribution in [1.82, 2.24) is 0 Å². The molecule has 12 rings (SSSR count). The van der Waals surface area contributed by atoms with Crippen LogP contribution in [0.15, 0.2) is 127 Å². The summed E-state index contributed by atoms with van der Waals surface area (Å²) in [5, 5.41) is 1.39. The minimum absolute atomic E-state index is 0.0215. The van der Waals surface area contributed by atoms with E-state index >= 15 is 0 Å². The number of rotatable bonds is 5. The molecule has 0 radical (unpaired) electrons. The van der Waals surface area contributed by atoms with E-state index in [9.17, 15) is 0 Å². The second kappa shape index (κ2) is 16.3. The lowest BCUT2D eigenvalue weighted by Crippen LogP contribution is -2.60. The molecule has 1 aromatic heterocycles. The Morgan fingerprint density at radius 1 is 0.534 bits per heavy atom. The van der Waals surface area contributed by atoms with Crippen LogP contribution in [-0.4, -0.2) is 6.71 Å². The van der Waals surface area contributed by atoms with Crippen molar-refractivity contribution in [2.45, 2.75) is 163 Å². The van der Waals surface area contributed by atoms with E-state index in [-0.39, 0.29) is 33.8 Å². The molecule has 8 aromatic rings. The van der Waals surface area contributed by atoms with E-state index < -0.39 is 0 Å². The number of fused-ring (bicyclic) bond motifs is 8. The second-order valence-electron chi connectivity index (χ2n) is 26.6. The predicted molar refractivity (Wildman–Crippen MR) is 320 cm³/mol. The van der Waals surface area contributed by atoms with Crippen LogP contribution in [0, 0.1) is 13.8 Å². The van der Waals surface area contributed by atoms with Crippen LogP contribution in [0.25, 0.3) is 32.3 Å².